The lowest BCUT2D eigenvalue weighted by molar-refractivity contribution is 0.0940. The maximum absolute atomic E-state index is 13.3. The molecule has 1 aromatic heterocycles. The van der Waals surface area contributed by atoms with E-state index < -0.39 is 11.7 Å². The largest absolute Gasteiger partial charge is 0.396 e. The van der Waals surface area contributed by atoms with Gasteiger partial charge in [-0.1, -0.05) is 6.07 Å². The molecule has 1 atom stereocenters. The van der Waals surface area contributed by atoms with Crippen LogP contribution < -0.4 is 11.1 Å². The summed E-state index contributed by atoms with van der Waals surface area (Å²) in [6.45, 7) is 3.71. The summed E-state index contributed by atoms with van der Waals surface area (Å²) in [5.41, 5.74) is 6.46. The van der Waals surface area contributed by atoms with Crippen molar-refractivity contribution in [2.75, 3.05) is 5.73 Å². The Hall–Kier alpha value is -1.95. The van der Waals surface area contributed by atoms with Crippen molar-refractivity contribution in [3.8, 4) is 0 Å². The van der Waals surface area contributed by atoms with Crippen LogP contribution in [0, 0.1) is 12.7 Å². The first-order chi connectivity index (χ1) is 8.99. The summed E-state index contributed by atoms with van der Waals surface area (Å²) >= 11 is 1.47. The summed E-state index contributed by atoms with van der Waals surface area (Å²) in [6.07, 6.45) is 0. The number of thiazole rings is 1. The Bertz CT molecular complexity index is 612. The number of carbonyl (C=O) groups is 1. The van der Waals surface area contributed by atoms with Gasteiger partial charge in [-0.25, -0.2) is 9.37 Å². The molecule has 4 nitrogen and oxygen atoms in total. The second-order valence-electron chi connectivity index (χ2n) is 4.22. The number of nitrogens with zero attached hydrogens (tertiary/aromatic N) is 1. The maximum Gasteiger partial charge on any atom is 0.254 e. The molecule has 0 aliphatic heterocycles. The Morgan fingerprint density at radius 1 is 1.53 bits per heavy atom. The van der Waals surface area contributed by atoms with E-state index in [0.717, 1.165) is 10.7 Å². The Kier molecular flexibility index (Phi) is 3.80. The van der Waals surface area contributed by atoms with Crippen LogP contribution in [0.5, 0.6) is 0 Å². The molecule has 0 radical (unpaired) electrons. The molecule has 1 aromatic carbocycles. The number of aryl methyl sites for hydroxylation is 1. The number of nitrogens with one attached hydrogen (secondary N) is 1. The molecule has 2 aromatic rings. The SMILES string of the molecule is Cc1csc(C(C)NC(=O)c2cccc(F)c2N)n1. The minimum atomic E-state index is -0.592. The highest BCUT2D eigenvalue weighted by atomic mass is 32.1. The van der Waals surface area contributed by atoms with Crippen LogP contribution in [-0.2, 0) is 0 Å². The van der Waals surface area contributed by atoms with Gasteiger partial charge in [-0.3, -0.25) is 4.79 Å². The molecule has 0 aliphatic rings. The topological polar surface area (TPSA) is 68.0 Å². The van der Waals surface area contributed by atoms with Crippen LogP contribution in [0.25, 0.3) is 0 Å². The summed E-state index contributed by atoms with van der Waals surface area (Å²) in [5, 5.41) is 5.47. The second kappa shape index (κ2) is 5.36. The summed E-state index contributed by atoms with van der Waals surface area (Å²) in [5.74, 6) is -0.997. The number of benzene rings is 1. The molecule has 0 saturated heterocycles. The normalized spacial score (nSPS) is 12.2. The first-order valence-corrected chi connectivity index (χ1v) is 6.64. The van der Waals surface area contributed by atoms with Gasteiger partial charge < -0.3 is 11.1 Å². The van der Waals surface area contributed by atoms with Gasteiger partial charge in [0.15, 0.2) is 0 Å². The van der Waals surface area contributed by atoms with Gasteiger partial charge >= 0.3 is 0 Å². The maximum atomic E-state index is 13.3. The quantitative estimate of drug-likeness (QED) is 0.849. The van der Waals surface area contributed by atoms with E-state index in [-0.39, 0.29) is 17.3 Å². The van der Waals surface area contributed by atoms with Gasteiger partial charge in [-0.15, -0.1) is 11.3 Å². The van der Waals surface area contributed by atoms with Crippen molar-refractivity contribution in [3.63, 3.8) is 0 Å². The minimum Gasteiger partial charge on any atom is -0.396 e. The zero-order chi connectivity index (χ0) is 14.0. The van der Waals surface area contributed by atoms with E-state index in [1.54, 1.807) is 0 Å². The fourth-order valence-electron chi connectivity index (χ4n) is 1.64. The first-order valence-electron chi connectivity index (χ1n) is 5.76. The molecule has 0 bridgehead atoms. The van der Waals surface area contributed by atoms with Crippen LogP contribution in [0.15, 0.2) is 23.6 Å². The molecule has 3 N–H and O–H groups in total. The fraction of sp³-hybridized carbons (Fsp3) is 0.231. The average molecular weight is 279 g/mol. The van der Waals surface area contributed by atoms with Crippen LogP contribution in [0.2, 0.25) is 0 Å². The number of para-hydroxylation sites is 1. The predicted octanol–water partition coefficient (Wildman–Crippen LogP) is 2.66. The van der Waals surface area contributed by atoms with Crippen LogP contribution in [-0.4, -0.2) is 10.9 Å². The number of nitrogens with two attached hydrogens (primary N) is 1. The van der Waals surface area contributed by atoms with E-state index in [2.05, 4.69) is 10.3 Å². The van der Waals surface area contributed by atoms with Gasteiger partial charge in [0.1, 0.15) is 10.8 Å². The highest BCUT2D eigenvalue weighted by Crippen LogP contribution is 2.20. The predicted molar refractivity (Wildman–Crippen MR) is 73.5 cm³/mol. The lowest BCUT2D eigenvalue weighted by Gasteiger charge is -2.12. The number of rotatable bonds is 3. The van der Waals surface area contributed by atoms with Crippen LogP contribution in [0.3, 0.4) is 0 Å². The van der Waals surface area contributed by atoms with Gasteiger partial charge in [-0.2, -0.15) is 0 Å². The third-order valence-electron chi connectivity index (χ3n) is 2.65. The minimum absolute atomic E-state index is 0.137. The first kappa shape index (κ1) is 13.5. The van der Waals surface area contributed by atoms with E-state index in [1.165, 1.54) is 29.5 Å². The number of carbonyl (C=O) groups excluding carboxylic acids is 1. The van der Waals surface area contributed by atoms with Crippen molar-refractivity contribution < 1.29 is 9.18 Å². The number of anilines is 1. The smallest absolute Gasteiger partial charge is 0.254 e. The van der Waals surface area contributed by atoms with Crippen molar-refractivity contribution in [1.82, 2.24) is 10.3 Å². The van der Waals surface area contributed by atoms with Gasteiger partial charge in [0.05, 0.1) is 17.3 Å². The van der Waals surface area contributed by atoms with E-state index >= 15 is 0 Å². The standard InChI is InChI=1S/C13H14FN3OS/c1-7-6-19-13(16-7)8(2)17-12(18)9-4-3-5-10(14)11(9)15/h3-6,8H,15H2,1-2H3,(H,17,18). The van der Waals surface area contributed by atoms with Crippen molar-refractivity contribution in [2.24, 2.45) is 0 Å². The highest BCUT2D eigenvalue weighted by Gasteiger charge is 2.17. The van der Waals surface area contributed by atoms with Crippen molar-refractivity contribution >= 4 is 22.9 Å². The highest BCUT2D eigenvalue weighted by molar-refractivity contribution is 7.09. The number of nitrogen functional groups attached to an aromatic ring is 1. The number of amides is 1. The zero-order valence-electron chi connectivity index (χ0n) is 10.6. The second-order valence-corrected chi connectivity index (χ2v) is 5.11. The fourth-order valence-corrected chi connectivity index (χ4v) is 2.45. The Labute approximate surface area is 114 Å². The van der Waals surface area contributed by atoms with Crippen molar-refractivity contribution in [1.29, 1.82) is 0 Å². The molecule has 100 valence electrons. The van der Waals surface area contributed by atoms with E-state index in [0.29, 0.717) is 0 Å². The molecule has 1 unspecified atom stereocenters. The van der Waals surface area contributed by atoms with Crippen LogP contribution in [0.4, 0.5) is 10.1 Å². The monoisotopic (exact) mass is 279 g/mol. The van der Waals surface area contributed by atoms with E-state index in [1.807, 2.05) is 19.2 Å². The Morgan fingerprint density at radius 3 is 2.89 bits per heavy atom. The summed E-state index contributed by atoms with van der Waals surface area (Å²) in [6, 6.07) is 3.93. The Morgan fingerprint density at radius 2 is 2.26 bits per heavy atom. The molecule has 2 rings (SSSR count). The molecule has 0 aliphatic carbocycles. The number of aromatic nitrogens is 1. The van der Waals surface area contributed by atoms with E-state index in [9.17, 15) is 9.18 Å². The summed E-state index contributed by atoms with van der Waals surface area (Å²) < 4.78 is 13.3. The molecule has 0 spiro atoms. The Balaban J connectivity index is 2.15. The van der Waals surface area contributed by atoms with Gasteiger partial charge in [0, 0.05) is 11.1 Å². The molecular formula is C13H14FN3OS. The molecule has 19 heavy (non-hydrogen) atoms. The number of hydrogen-bond acceptors (Lipinski definition) is 4. The molecule has 1 heterocycles. The molecular weight excluding hydrogens is 265 g/mol. The van der Waals surface area contributed by atoms with Gasteiger partial charge in [-0.05, 0) is 26.0 Å². The lowest BCUT2D eigenvalue weighted by atomic mass is 10.1. The lowest BCUT2D eigenvalue weighted by Crippen LogP contribution is -2.27. The zero-order valence-corrected chi connectivity index (χ0v) is 11.4. The number of halogens is 1. The molecule has 0 saturated carbocycles. The molecule has 0 fully saturated rings. The third kappa shape index (κ3) is 2.90. The van der Waals surface area contributed by atoms with E-state index in [4.69, 9.17) is 5.73 Å². The van der Waals surface area contributed by atoms with Crippen molar-refractivity contribution in [2.45, 2.75) is 19.9 Å². The van der Waals surface area contributed by atoms with Crippen molar-refractivity contribution in [3.05, 3.63) is 45.7 Å². The number of hydrogen-bond donors (Lipinski definition) is 2. The molecule has 1 amide bonds. The molecule has 6 heteroatoms. The summed E-state index contributed by atoms with van der Waals surface area (Å²) in [4.78, 5) is 16.3. The van der Waals surface area contributed by atoms with Crippen LogP contribution >= 0.6 is 11.3 Å². The van der Waals surface area contributed by atoms with Gasteiger partial charge in [0.2, 0.25) is 0 Å². The third-order valence-corrected chi connectivity index (χ3v) is 3.80. The van der Waals surface area contributed by atoms with Gasteiger partial charge in [0.25, 0.3) is 5.91 Å². The van der Waals surface area contributed by atoms with Crippen LogP contribution in [0.1, 0.15) is 34.0 Å². The summed E-state index contributed by atoms with van der Waals surface area (Å²) in [7, 11) is 0. The average Bonchev–Trinajstić information content (AvgIpc) is 2.79.